The van der Waals surface area contributed by atoms with E-state index in [1.54, 1.807) is 6.08 Å². The van der Waals surface area contributed by atoms with Crippen LogP contribution in [0.2, 0.25) is 0 Å². The Labute approximate surface area is 168 Å². The first-order valence-electron chi connectivity index (χ1n) is 9.22. The van der Waals surface area contributed by atoms with Gasteiger partial charge >= 0.3 is 0 Å². The second-order valence-electron chi connectivity index (χ2n) is 6.47. The lowest BCUT2D eigenvalue weighted by Gasteiger charge is -2.10. The van der Waals surface area contributed by atoms with Crippen LogP contribution < -0.4 is 10.1 Å². The highest BCUT2D eigenvalue weighted by Gasteiger charge is 2.08. The Morgan fingerprint density at radius 2 is 1.69 bits per heavy atom. The molecule has 142 valence electrons. The van der Waals surface area contributed by atoms with Gasteiger partial charge in [-0.3, -0.25) is 4.79 Å². The van der Waals surface area contributed by atoms with E-state index in [4.69, 9.17) is 4.74 Å². The fraction of sp³-hybridized carbons (Fsp3) is 0.0417. The molecule has 0 aliphatic carbocycles. The molecule has 1 amide bonds. The molecular formula is C24H19N3O2. The van der Waals surface area contributed by atoms with Gasteiger partial charge in [0, 0.05) is 17.3 Å². The Bertz CT molecular complexity index is 1200. The molecule has 0 saturated heterocycles. The van der Waals surface area contributed by atoms with Crippen LogP contribution in [0, 0.1) is 6.92 Å². The maximum absolute atomic E-state index is 12.3. The Balaban J connectivity index is 1.56. The molecule has 29 heavy (non-hydrogen) atoms. The Hall–Kier alpha value is -3.99. The van der Waals surface area contributed by atoms with Gasteiger partial charge in [-0.1, -0.05) is 48.5 Å². The number of aryl methyl sites for hydroxylation is 1. The minimum Gasteiger partial charge on any atom is -0.438 e. The summed E-state index contributed by atoms with van der Waals surface area (Å²) in [5, 5.41) is 3.71. The maximum atomic E-state index is 12.3. The number of rotatable bonds is 5. The van der Waals surface area contributed by atoms with E-state index < -0.39 is 0 Å². The van der Waals surface area contributed by atoms with Gasteiger partial charge in [-0.2, -0.15) is 0 Å². The minimum atomic E-state index is -0.207. The topological polar surface area (TPSA) is 64.1 Å². The molecule has 4 aromatic rings. The van der Waals surface area contributed by atoms with Crippen molar-refractivity contribution >= 4 is 28.6 Å². The van der Waals surface area contributed by atoms with Crippen molar-refractivity contribution in [2.24, 2.45) is 0 Å². The lowest BCUT2D eigenvalue weighted by molar-refractivity contribution is -0.111. The van der Waals surface area contributed by atoms with Crippen molar-refractivity contribution in [3.05, 3.63) is 96.3 Å². The van der Waals surface area contributed by atoms with Crippen LogP contribution in [0.1, 0.15) is 11.1 Å². The molecule has 0 radical (unpaired) electrons. The van der Waals surface area contributed by atoms with Gasteiger partial charge in [-0.25, -0.2) is 9.97 Å². The summed E-state index contributed by atoms with van der Waals surface area (Å²) in [6, 6.07) is 22.8. The summed E-state index contributed by atoms with van der Waals surface area (Å²) >= 11 is 0. The van der Waals surface area contributed by atoms with E-state index in [1.807, 2.05) is 79.7 Å². The molecule has 3 aromatic carbocycles. The molecule has 0 atom stereocenters. The van der Waals surface area contributed by atoms with Crippen molar-refractivity contribution in [3.63, 3.8) is 0 Å². The quantitative estimate of drug-likeness (QED) is 0.471. The van der Waals surface area contributed by atoms with Crippen molar-refractivity contribution in [2.45, 2.75) is 6.92 Å². The first-order valence-corrected chi connectivity index (χ1v) is 9.22. The molecule has 0 bridgehead atoms. The molecule has 4 rings (SSSR count). The number of fused-ring (bicyclic) bond motifs is 1. The summed E-state index contributed by atoms with van der Waals surface area (Å²) in [7, 11) is 0. The zero-order chi connectivity index (χ0) is 20.1. The number of carbonyl (C=O) groups is 1. The monoisotopic (exact) mass is 381 g/mol. The Kier molecular flexibility index (Phi) is 5.29. The van der Waals surface area contributed by atoms with Gasteiger partial charge in [-0.15, -0.1) is 0 Å². The summed E-state index contributed by atoms with van der Waals surface area (Å²) in [6.07, 6.45) is 4.70. The lowest BCUT2D eigenvalue weighted by Crippen LogP contribution is -2.08. The van der Waals surface area contributed by atoms with E-state index in [-0.39, 0.29) is 5.91 Å². The van der Waals surface area contributed by atoms with Crippen LogP contribution in [0.5, 0.6) is 11.6 Å². The predicted octanol–water partition coefficient (Wildman–Crippen LogP) is 5.38. The maximum Gasteiger partial charge on any atom is 0.248 e. The van der Waals surface area contributed by atoms with E-state index in [9.17, 15) is 4.79 Å². The van der Waals surface area contributed by atoms with Crippen LogP contribution >= 0.6 is 0 Å². The van der Waals surface area contributed by atoms with E-state index in [0.717, 1.165) is 27.7 Å². The van der Waals surface area contributed by atoms with E-state index in [1.165, 1.54) is 12.4 Å². The van der Waals surface area contributed by atoms with Crippen LogP contribution in [-0.2, 0) is 4.79 Å². The number of aromatic nitrogens is 2. The third-order valence-electron chi connectivity index (χ3n) is 4.45. The molecule has 0 spiro atoms. The van der Waals surface area contributed by atoms with Crippen molar-refractivity contribution in [1.29, 1.82) is 0 Å². The van der Waals surface area contributed by atoms with Gasteiger partial charge in [0.25, 0.3) is 0 Å². The van der Waals surface area contributed by atoms with Crippen LogP contribution in [0.3, 0.4) is 0 Å². The fourth-order valence-electron chi connectivity index (χ4n) is 2.93. The first-order chi connectivity index (χ1) is 14.2. The highest BCUT2D eigenvalue weighted by molar-refractivity contribution is 6.02. The minimum absolute atomic E-state index is 0.207. The summed E-state index contributed by atoms with van der Waals surface area (Å²) in [5.74, 6) is 0.874. The molecule has 0 fully saturated rings. The number of benzene rings is 3. The average molecular weight is 381 g/mol. The average Bonchev–Trinajstić information content (AvgIpc) is 2.75. The predicted molar refractivity (Wildman–Crippen MR) is 115 cm³/mol. The normalized spacial score (nSPS) is 10.9. The third-order valence-corrected chi connectivity index (χ3v) is 4.45. The van der Waals surface area contributed by atoms with Gasteiger partial charge in [-0.05, 0) is 42.8 Å². The molecule has 0 saturated carbocycles. The summed E-state index contributed by atoms with van der Waals surface area (Å²) in [6.45, 7) is 1.95. The van der Waals surface area contributed by atoms with Crippen LogP contribution in [0.15, 0.2) is 85.2 Å². The highest BCUT2D eigenvalue weighted by atomic mass is 16.5. The molecule has 0 unspecified atom stereocenters. The SMILES string of the molecule is Cc1ccccc1NC(=O)/C=C/c1ccccc1Oc1ncnc2ccccc12. The van der Waals surface area contributed by atoms with Gasteiger partial charge in [0.2, 0.25) is 11.8 Å². The third kappa shape index (κ3) is 4.30. The van der Waals surface area contributed by atoms with Gasteiger partial charge in [0.05, 0.1) is 10.9 Å². The first kappa shape index (κ1) is 18.4. The molecule has 5 heteroatoms. The lowest BCUT2D eigenvalue weighted by atomic mass is 10.1. The Morgan fingerprint density at radius 1 is 0.931 bits per heavy atom. The number of nitrogens with zero attached hydrogens (tertiary/aromatic N) is 2. The largest absolute Gasteiger partial charge is 0.438 e. The zero-order valence-corrected chi connectivity index (χ0v) is 15.9. The zero-order valence-electron chi connectivity index (χ0n) is 15.9. The second kappa shape index (κ2) is 8.35. The number of anilines is 1. The van der Waals surface area contributed by atoms with Crippen molar-refractivity contribution in [2.75, 3.05) is 5.32 Å². The van der Waals surface area contributed by atoms with E-state index >= 15 is 0 Å². The Morgan fingerprint density at radius 3 is 2.59 bits per heavy atom. The second-order valence-corrected chi connectivity index (χ2v) is 6.47. The smallest absolute Gasteiger partial charge is 0.248 e. The van der Waals surface area contributed by atoms with Crippen molar-refractivity contribution in [3.8, 4) is 11.6 Å². The molecular weight excluding hydrogens is 362 g/mol. The molecule has 1 N–H and O–H groups in total. The summed E-state index contributed by atoms with van der Waals surface area (Å²) in [4.78, 5) is 20.8. The number of carbonyl (C=O) groups excluding carboxylic acids is 1. The number of hydrogen-bond acceptors (Lipinski definition) is 4. The van der Waals surface area contributed by atoms with Gasteiger partial charge in [0.15, 0.2) is 0 Å². The highest BCUT2D eigenvalue weighted by Crippen LogP contribution is 2.29. The van der Waals surface area contributed by atoms with Crippen LogP contribution in [-0.4, -0.2) is 15.9 Å². The molecule has 0 aliphatic rings. The van der Waals surface area contributed by atoms with Crippen molar-refractivity contribution in [1.82, 2.24) is 9.97 Å². The molecule has 0 aliphatic heterocycles. The van der Waals surface area contributed by atoms with E-state index in [0.29, 0.717) is 11.6 Å². The molecule has 1 heterocycles. The number of amides is 1. The van der Waals surface area contributed by atoms with Gasteiger partial charge < -0.3 is 10.1 Å². The van der Waals surface area contributed by atoms with Crippen molar-refractivity contribution < 1.29 is 9.53 Å². The summed E-state index contributed by atoms with van der Waals surface area (Å²) < 4.78 is 6.06. The number of nitrogens with one attached hydrogen (secondary N) is 1. The fourth-order valence-corrected chi connectivity index (χ4v) is 2.93. The summed E-state index contributed by atoms with van der Waals surface area (Å²) in [5.41, 5.74) is 3.38. The number of para-hydroxylation sites is 3. The molecule has 1 aromatic heterocycles. The van der Waals surface area contributed by atoms with Gasteiger partial charge in [0.1, 0.15) is 12.1 Å². The molecule has 5 nitrogen and oxygen atoms in total. The number of hydrogen-bond donors (Lipinski definition) is 1. The van der Waals surface area contributed by atoms with Crippen LogP contribution in [0.4, 0.5) is 5.69 Å². The van der Waals surface area contributed by atoms with Crippen LogP contribution in [0.25, 0.3) is 17.0 Å². The number of ether oxygens (including phenoxy) is 1. The van der Waals surface area contributed by atoms with E-state index in [2.05, 4.69) is 15.3 Å². The standard InChI is InChI=1S/C24H19N3O2/c1-17-8-2-5-11-20(17)27-23(28)15-14-18-9-3-7-13-22(18)29-24-19-10-4-6-12-21(19)25-16-26-24/h2-16H,1H3,(H,27,28)/b15-14+.